The number of nitrogens with zero attached hydrogens (tertiary/aromatic N) is 3. The summed E-state index contributed by atoms with van der Waals surface area (Å²) in [6, 6.07) is 3.95. The summed E-state index contributed by atoms with van der Waals surface area (Å²) in [4.78, 5) is 24.8. The fraction of sp³-hybridized carbons (Fsp3) is 0.267. The summed E-state index contributed by atoms with van der Waals surface area (Å²) in [5, 5.41) is 13.5. The Kier molecular flexibility index (Phi) is 2.85. The minimum absolute atomic E-state index is 0.0353. The quantitative estimate of drug-likeness (QED) is 0.672. The van der Waals surface area contributed by atoms with Gasteiger partial charge in [0.2, 0.25) is 0 Å². The first-order valence-electron chi connectivity index (χ1n) is 7.17. The summed E-state index contributed by atoms with van der Waals surface area (Å²) < 4.78 is 0. The highest BCUT2D eigenvalue weighted by Gasteiger charge is 2.25. The molecular formula is C15H15N5O2. The highest BCUT2D eigenvalue weighted by Crippen LogP contribution is 2.32. The average molecular weight is 297 g/mol. The van der Waals surface area contributed by atoms with Gasteiger partial charge in [-0.15, -0.1) is 0 Å². The van der Waals surface area contributed by atoms with Crippen LogP contribution in [-0.2, 0) is 0 Å². The predicted molar refractivity (Wildman–Crippen MR) is 83.2 cm³/mol. The van der Waals surface area contributed by atoms with Gasteiger partial charge < -0.3 is 20.3 Å². The number of nitrogens with one attached hydrogen (secondary N) is 2. The van der Waals surface area contributed by atoms with Gasteiger partial charge in [-0.05, 0) is 18.6 Å². The van der Waals surface area contributed by atoms with Gasteiger partial charge in [0, 0.05) is 41.9 Å². The topological polar surface area (TPSA) is 94.1 Å². The van der Waals surface area contributed by atoms with E-state index in [0.717, 1.165) is 40.6 Å². The Hall–Kier alpha value is -2.83. The number of carboxylic acid groups (broad SMARTS) is 1. The normalized spacial score (nSPS) is 18.2. The van der Waals surface area contributed by atoms with Crippen molar-refractivity contribution in [1.29, 1.82) is 0 Å². The average Bonchev–Trinajstić information content (AvgIpc) is 3.14. The zero-order valence-electron chi connectivity index (χ0n) is 11.8. The van der Waals surface area contributed by atoms with E-state index in [1.807, 2.05) is 18.3 Å². The Labute approximate surface area is 126 Å². The number of fused-ring (bicyclic) bond motifs is 3. The minimum atomic E-state index is -0.968. The first-order valence-corrected chi connectivity index (χ1v) is 7.17. The van der Waals surface area contributed by atoms with Crippen LogP contribution in [0.25, 0.3) is 21.9 Å². The molecule has 1 amide bonds. The maximum Gasteiger partial charge on any atom is 0.404 e. The van der Waals surface area contributed by atoms with Crippen LogP contribution < -0.4 is 10.2 Å². The van der Waals surface area contributed by atoms with Crippen molar-refractivity contribution in [1.82, 2.24) is 20.3 Å². The van der Waals surface area contributed by atoms with E-state index in [2.05, 4.69) is 25.2 Å². The molecule has 1 saturated heterocycles. The monoisotopic (exact) mass is 297 g/mol. The number of aromatic amines is 1. The molecule has 22 heavy (non-hydrogen) atoms. The zero-order chi connectivity index (χ0) is 15.1. The third-order valence-corrected chi connectivity index (χ3v) is 4.13. The number of amides is 1. The first-order chi connectivity index (χ1) is 10.7. The molecule has 4 heterocycles. The van der Waals surface area contributed by atoms with Crippen LogP contribution in [0, 0.1) is 0 Å². The van der Waals surface area contributed by atoms with Crippen LogP contribution in [0.4, 0.5) is 10.5 Å². The van der Waals surface area contributed by atoms with Gasteiger partial charge in [-0.2, -0.15) is 0 Å². The molecule has 1 unspecified atom stereocenters. The van der Waals surface area contributed by atoms with Crippen molar-refractivity contribution in [3.63, 3.8) is 0 Å². The Morgan fingerprint density at radius 2 is 2.32 bits per heavy atom. The largest absolute Gasteiger partial charge is 0.465 e. The van der Waals surface area contributed by atoms with Crippen molar-refractivity contribution in [2.24, 2.45) is 0 Å². The molecule has 112 valence electrons. The van der Waals surface area contributed by atoms with E-state index in [9.17, 15) is 4.79 Å². The summed E-state index contributed by atoms with van der Waals surface area (Å²) >= 11 is 0. The van der Waals surface area contributed by atoms with Crippen LogP contribution in [0.1, 0.15) is 6.42 Å². The number of rotatable bonds is 2. The Morgan fingerprint density at radius 1 is 1.41 bits per heavy atom. The molecule has 1 fully saturated rings. The van der Waals surface area contributed by atoms with E-state index in [-0.39, 0.29) is 6.04 Å². The van der Waals surface area contributed by atoms with Crippen LogP contribution in [-0.4, -0.2) is 45.3 Å². The van der Waals surface area contributed by atoms with Gasteiger partial charge in [-0.1, -0.05) is 0 Å². The molecule has 4 rings (SSSR count). The second kappa shape index (κ2) is 4.87. The van der Waals surface area contributed by atoms with E-state index in [1.165, 1.54) is 0 Å². The standard InChI is InChI=1S/C15H15N5O2/c21-15(22)19-9-3-6-20(8-9)12-2-5-16-11-7-18-14-10(13(11)12)1-4-17-14/h1-2,4-5,7,9,16,19H,3,6,8H2,(H,21,22). The highest BCUT2D eigenvalue weighted by molar-refractivity contribution is 6.10. The lowest BCUT2D eigenvalue weighted by molar-refractivity contribution is 0.191. The lowest BCUT2D eigenvalue weighted by atomic mass is 10.1. The van der Waals surface area contributed by atoms with Crippen LogP contribution >= 0.6 is 0 Å². The molecule has 3 aromatic rings. The van der Waals surface area contributed by atoms with Gasteiger partial charge in [-0.25, -0.2) is 14.8 Å². The van der Waals surface area contributed by atoms with Crippen LogP contribution in [0.3, 0.4) is 0 Å². The molecular weight excluding hydrogens is 282 g/mol. The van der Waals surface area contributed by atoms with Crippen molar-refractivity contribution in [2.75, 3.05) is 18.0 Å². The van der Waals surface area contributed by atoms with E-state index in [1.54, 1.807) is 12.4 Å². The van der Waals surface area contributed by atoms with Crippen molar-refractivity contribution >= 4 is 33.7 Å². The zero-order valence-corrected chi connectivity index (χ0v) is 11.8. The molecule has 0 bridgehead atoms. The molecule has 3 N–H and O–H groups in total. The molecule has 1 aliphatic rings. The number of hydrogen-bond acceptors (Lipinski definition) is 4. The van der Waals surface area contributed by atoms with Crippen LogP contribution in [0.5, 0.6) is 0 Å². The minimum Gasteiger partial charge on any atom is -0.465 e. The Bertz CT molecular complexity index is 859. The maximum atomic E-state index is 10.8. The third kappa shape index (κ3) is 2.02. The van der Waals surface area contributed by atoms with Gasteiger partial charge in [0.1, 0.15) is 0 Å². The molecule has 7 heteroatoms. The summed E-state index contributed by atoms with van der Waals surface area (Å²) in [7, 11) is 0. The lowest BCUT2D eigenvalue weighted by Gasteiger charge is -2.21. The van der Waals surface area contributed by atoms with Crippen LogP contribution in [0.15, 0.2) is 30.7 Å². The number of hydrogen-bond donors (Lipinski definition) is 3. The molecule has 0 spiro atoms. The number of H-pyrrole nitrogens is 1. The van der Waals surface area contributed by atoms with Crippen molar-refractivity contribution in [3.8, 4) is 0 Å². The van der Waals surface area contributed by atoms with E-state index in [4.69, 9.17) is 5.11 Å². The summed E-state index contributed by atoms with van der Waals surface area (Å²) in [5.74, 6) is 0. The maximum absolute atomic E-state index is 10.8. The Balaban J connectivity index is 1.79. The first kappa shape index (κ1) is 12.9. The summed E-state index contributed by atoms with van der Waals surface area (Å²) in [6.45, 7) is 1.49. The van der Waals surface area contributed by atoms with E-state index in [0.29, 0.717) is 6.54 Å². The van der Waals surface area contributed by atoms with Crippen molar-refractivity contribution in [3.05, 3.63) is 30.7 Å². The van der Waals surface area contributed by atoms with Gasteiger partial charge in [0.25, 0.3) is 0 Å². The summed E-state index contributed by atoms with van der Waals surface area (Å²) in [6.07, 6.45) is 5.27. The highest BCUT2D eigenvalue weighted by atomic mass is 16.4. The van der Waals surface area contributed by atoms with E-state index < -0.39 is 6.09 Å². The molecule has 7 nitrogen and oxygen atoms in total. The van der Waals surface area contributed by atoms with Crippen molar-refractivity contribution in [2.45, 2.75) is 12.5 Å². The third-order valence-electron chi connectivity index (χ3n) is 4.13. The number of carbonyl (C=O) groups is 1. The number of pyridine rings is 2. The predicted octanol–water partition coefficient (Wildman–Crippen LogP) is 1.96. The van der Waals surface area contributed by atoms with Gasteiger partial charge >= 0.3 is 6.09 Å². The molecule has 0 aliphatic carbocycles. The van der Waals surface area contributed by atoms with Gasteiger partial charge in [0.05, 0.1) is 17.8 Å². The van der Waals surface area contributed by atoms with Gasteiger partial charge in [0.15, 0.2) is 5.65 Å². The fourth-order valence-electron chi connectivity index (χ4n) is 3.17. The number of aromatic nitrogens is 3. The number of anilines is 1. The molecule has 1 aliphatic heterocycles. The summed E-state index contributed by atoms with van der Waals surface area (Å²) in [5.41, 5.74) is 2.77. The Morgan fingerprint density at radius 3 is 3.18 bits per heavy atom. The van der Waals surface area contributed by atoms with Gasteiger partial charge in [-0.3, -0.25) is 0 Å². The second-order valence-corrected chi connectivity index (χ2v) is 5.47. The molecule has 0 saturated carbocycles. The lowest BCUT2D eigenvalue weighted by Crippen LogP contribution is -2.36. The molecule has 1 atom stereocenters. The molecule has 3 aromatic heterocycles. The smallest absolute Gasteiger partial charge is 0.404 e. The fourth-order valence-corrected chi connectivity index (χ4v) is 3.17. The molecule has 0 radical (unpaired) electrons. The van der Waals surface area contributed by atoms with Crippen molar-refractivity contribution < 1.29 is 9.90 Å². The SMILES string of the molecule is O=C(O)NC1CCN(c2cc[nH]c3cnc4nccc4c23)C1. The van der Waals surface area contributed by atoms with E-state index >= 15 is 0 Å². The van der Waals surface area contributed by atoms with Crippen LogP contribution in [0.2, 0.25) is 0 Å². The second-order valence-electron chi connectivity index (χ2n) is 5.47. The molecule has 0 aromatic carbocycles.